The smallest absolute Gasteiger partial charge is 0.270 e. The second-order valence-corrected chi connectivity index (χ2v) is 8.78. The average molecular weight is 467 g/mol. The van der Waals surface area contributed by atoms with Crippen LogP contribution in [0.1, 0.15) is 16.1 Å². The molecule has 0 fully saturated rings. The van der Waals surface area contributed by atoms with Crippen LogP contribution >= 0.6 is 11.3 Å². The number of allylic oxidation sites excluding steroid dienone is 5. The van der Waals surface area contributed by atoms with E-state index in [9.17, 15) is 15.8 Å². The van der Waals surface area contributed by atoms with Gasteiger partial charge in [0.05, 0.1) is 23.0 Å². The van der Waals surface area contributed by atoms with Gasteiger partial charge in [-0.05, 0) is 34.4 Å². The summed E-state index contributed by atoms with van der Waals surface area (Å²) in [5.41, 5.74) is 5.39. The molecule has 0 saturated carbocycles. The van der Waals surface area contributed by atoms with E-state index in [1.165, 1.54) is 11.3 Å². The van der Waals surface area contributed by atoms with Crippen LogP contribution in [0.5, 0.6) is 0 Å². The Morgan fingerprint density at radius 2 is 1.63 bits per heavy atom. The van der Waals surface area contributed by atoms with Gasteiger partial charge in [0.15, 0.2) is 5.65 Å². The molecule has 0 saturated heterocycles. The predicted octanol–water partition coefficient (Wildman–Crippen LogP) is 6.35. The fourth-order valence-electron chi connectivity index (χ4n) is 4.36. The number of aryl methyl sites for hydroxylation is 1. The molecule has 2 aromatic carbocycles. The number of nitriles is 3. The van der Waals surface area contributed by atoms with Crippen LogP contribution in [0.3, 0.4) is 0 Å². The van der Waals surface area contributed by atoms with E-state index < -0.39 is 0 Å². The lowest BCUT2D eigenvalue weighted by atomic mass is 9.98. The number of hydrogen-bond acceptors (Lipinski definition) is 5. The van der Waals surface area contributed by atoms with Crippen molar-refractivity contribution in [3.05, 3.63) is 105 Å². The fourth-order valence-corrected chi connectivity index (χ4v) is 5.34. The minimum absolute atomic E-state index is 0.0755. The van der Waals surface area contributed by atoms with Crippen molar-refractivity contribution in [2.75, 3.05) is 0 Å². The molecule has 0 N–H and O–H groups in total. The number of rotatable bonds is 2. The van der Waals surface area contributed by atoms with Crippen LogP contribution in [0.2, 0.25) is 0 Å². The topological polar surface area (TPSA) is 93.5 Å². The van der Waals surface area contributed by atoms with Gasteiger partial charge in [0.1, 0.15) is 22.7 Å². The first-order chi connectivity index (χ1) is 17.1. The molecule has 2 aromatic heterocycles. The summed E-state index contributed by atoms with van der Waals surface area (Å²) in [6.07, 6.45) is 1.77. The number of benzene rings is 2. The third-order valence-electron chi connectivity index (χ3n) is 5.87. The quantitative estimate of drug-likeness (QED) is 0.254. The second kappa shape index (κ2) is 8.62. The molecule has 0 spiro atoms. The van der Waals surface area contributed by atoms with Gasteiger partial charge in [0, 0.05) is 18.2 Å². The third-order valence-corrected chi connectivity index (χ3v) is 6.81. The number of hydrogen-bond donors (Lipinski definition) is 0. The van der Waals surface area contributed by atoms with Crippen LogP contribution in [0.25, 0.3) is 43.7 Å². The van der Waals surface area contributed by atoms with Crippen LogP contribution in [-0.2, 0) is 7.05 Å². The Balaban J connectivity index is 1.76. The van der Waals surface area contributed by atoms with E-state index >= 15 is 0 Å². The highest BCUT2D eigenvalue weighted by atomic mass is 32.1. The summed E-state index contributed by atoms with van der Waals surface area (Å²) in [5.74, 6) is 0. The molecule has 35 heavy (non-hydrogen) atoms. The maximum absolute atomic E-state index is 9.68. The van der Waals surface area contributed by atoms with Gasteiger partial charge in [-0.25, -0.2) is 15.1 Å². The summed E-state index contributed by atoms with van der Waals surface area (Å²) in [5, 5.41) is 29.7. The predicted molar refractivity (Wildman–Crippen MR) is 136 cm³/mol. The van der Waals surface area contributed by atoms with Crippen molar-refractivity contribution in [3.8, 4) is 29.5 Å². The molecule has 6 nitrogen and oxygen atoms in total. The highest BCUT2D eigenvalue weighted by Crippen LogP contribution is 2.49. The Bertz CT molecular complexity index is 1680. The molecule has 7 heteroatoms. The standard InChI is InChI=1S/C28H14N6S/c1-32-22(16-31)27-20-11-7-6-10-19(20)26(18(14-29)15-30)21(27)12-25-33-28-24(35-25)13-23(34(28)2)17-8-4-3-5-9-17/h3-13H,2H3/b21-12-,27-22-. The van der Waals surface area contributed by atoms with Gasteiger partial charge in [-0.3, -0.25) is 0 Å². The van der Waals surface area contributed by atoms with Gasteiger partial charge in [-0.2, -0.15) is 10.5 Å². The van der Waals surface area contributed by atoms with Crippen LogP contribution in [0.15, 0.2) is 77.5 Å². The lowest BCUT2D eigenvalue weighted by Crippen LogP contribution is -1.92. The van der Waals surface area contributed by atoms with Crippen molar-refractivity contribution in [3.63, 3.8) is 0 Å². The van der Waals surface area contributed by atoms with Gasteiger partial charge in [-0.15, -0.1) is 11.3 Å². The zero-order valence-corrected chi connectivity index (χ0v) is 19.3. The first-order valence-electron chi connectivity index (χ1n) is 10.5. The molecule has 4 aromatic rings. The summed E-state index contributed by atoms with van der Waals surface area (Å²) in [6, 6.07) is 25.3. The molecule has 162 valence electrons. The van der Waals surface area contributed by atoms with Crippen LogP contribution in [0.4, 0.5) is 0 Å². The zero-order valence-electron chi connectivity index (χ0n) is 18.4. The molecular formula is C28H14N6S. The largest absolute Gasteiger partial charge is 0.328 e. The van der Waals surface area contributed by atoms with E-state index in [2.05, 4.69) is 10.9 Å². The Morgan fingerprint density at radius 3 is 2.23 bits per heavy atom. The normalized spacial score (nSPS) is 14.7. The molecule has 0 bridgehead atoms. The van der Waals surface area contributed by atoms with E-state index in [-0.39, 0.29) is 11.3 Å². The average Bonchev–Trinajstić information content (AvgIpc) is 3.53. The Kier molecular flexibility index (Phi) is 5.33. The molecule has 0 aliphatic heterocycles. The number of thiazole rings is 1. The zero-order chi connectivity index (χ0) is 24.5. The van der Waals surface area contributed by atoms with E-state index in [4.69, 9.17) is 11.6 Å². The summed E-state index contributed by atoms with van der Waals surface area (Å²) in [6.45, 7) is 7.55. The first kappa shape index (κ1) is 21.6. The van der Waals surface area contributed by atoms with Crippen LogP contribution < -0.4 is 0 Å². The molecule has 5 rings (SSSR count). The van der Waals surface area contributed by atoms with E-state index in [1.807, 2.05) is 60.2 Å². The van der Waals surface area contributed by atoms with Gasteiger partial charge in [-0.1, -0.05) is 54.6 Å². The van der Waals surface area contributed by atoms with Crippen molar-refractivity contribution in [1.82, 2.24) is 9.55 Å². The van der Waals surface area contributed by atoms with Crippen molar-refractivity contribution in [1.29, 1.82) is 15.8 Å². The minimum atomic E-state index is -0.0959. The summed E-state index contributed by atoms with van der Waals surface area (Å²) >= 11 is 1.47. The molecular weight excluding hydrogens is 452 g/mol. The van der Waals surface area contributed by atoms with Crippen LogP contribution in [0, 0.1) is 40.6 Å². The van der Waals surface area contributed by atoms with E-state index in [0.29, 0.717) is 32.9 Å². The molecule has 0 unspecified atom stereocenters. The number of fused-ring (bicyclic) bond motifs is 2. The van der Waals surface area contributed by atoms with Gasteiger partial charge >= 0.3 is 0 Å². The van der Waals surface area contributed by atoms with Crippen molar-refractivity contribution >= 4 is 38.9 Å². The van der Waals surface area contributed by atoms with Crippen molar-refractivity contribution < 1.29 is 0 Å². The molecule has 2 heterocycles. The molecule has 0 amide bonds. The monoisotopic (exact) mass is 466 g/mol. The lowest BCUT2D eigenvalue weighted by Gasteiger charge is -2.05. The number of nitrogens with zero attached hydrogens (tertiary/aromatic N) is 6. The Labute approximate surface area is 205 Å². The summed E-state index contributed by atoms with van der Waals surface area (Å²) < 4.78 is 3.01. The van der Waals surface area contributed by atoms with Gasteiger partial charge in [0.2, 0.25) is 0 Å². The lowest BCUT2D eigenvalue weighted by molar-refractivity contribution is 0.959. The maximum atomic E-state index is 9.68. The Morgan fingerprint density at radius 1 is 0.971 bits per heavy atom. The fraction of sp³-hybridized carbons (Fsp3) is 0.0357. The third kappa shape index (κ3) is 3.41. The minimum Gasteiger partial charge on any atom is -0.328 e. The van der Waals surface area contributed by atoms with Gasteiger partial charge in [0.25, 0.3) is 5.70 Å². The van der Waals surface area contributed by atoms with E-state index in [0.717, 1.165) is 21.6 Å². The molecule has 0 radical (unpaired) electrons. The van der Waals surface area contributed by atoms with Crippen LogP contribution in [-0.4, -0.2) is 9.55 Å². The Hall–Kier alpha value is -5.21. The van der Waals surface area contributed by atoms with Crippen molar-refractivity contribution in [2.45, 2.75) is 0 Å². The van der Waals surface area contributed by atoms with Gasteiger partial charge < -0.3 is 4.57 Å². The molecule has 0 atom stereocenters. The van der Waals surface area contributed by atoms with Crippen molar-refractivity contribution in [2.24, 2.45) is 7.05 Å². The second-order valence-electron chi connectivity index (χ2n) is 7.72. The highest BCUT2D eigenvalue weighted by Gasteiger charge is 2.32. The molecule has 1 aliphatic rings. The first-order valence-corrected chi connectivity index (χ1v) is 11.3. The SMILES string of the molecule is [C-]#[N+]/C(C#N)=C1\C(=C/c2nc3c(cc(-c4ccccc4)n3C)s2)C(=C(C#N)C#N)c2ccccc21. The maximum Gasteiger partial charge on any atom is 0.270 e. The number of aromatic nitrogens is 2. The highest BCUT2D eigenvalue weighted by molar-refractivity contribution is 7.19. The summed E-state index contributed by atoms with van der Waals surface area (Å²) in [7, 11) is 1.96. The van der Waals surface area contributed by atoms with E-state index in [1.54, 1.807) is 30.3 Å². The summed E-state index contributed by atoms with van der Waals surface area (Å²) in [4.78, 5) is 8.24. The molecule has 1 aliphatic carbocycles.